The van der Waals surface area contributed by atoms with E-state index < -0.39 is 23.8 Å². The first-order valence-corrected chi connectivity index (χ1v) is 15.3. The molecule has 2 heterocycles. The predicted octanol–water partition coefficient (Wildman–Crippen LogP) is 4.43. The molecule has 2 atom stereocenters. The number of hydrogen-bond acceptors (Lipinski definition) is 6. The van der Waals surface area contributed by atoms with Crippen LogP contribution >= 0.6 is 0 Å². The summed E-state index contributed by atoms with van der Waals surface area (Å²) in [6.07, 6.45) is 1.12. The van der Waals surface area contributed by atoms with E-state index in [-0.39, 0.29) is 31.4 Å². The number of fused-ring (bicyclic) bond motifs is 2. The first kappa shape index (κ1) is 36.6. The van der Waals surface area contributed by atoms with E-state index in [0.717, 1.165) is 48.4 Å². The standard InChI is InChI=1S/C29H35F3N4O3.C3H8.CH5N/c1-20-27(37)34-13-5-9-22-8-2-3-12-26(22)39-16-14-33-25(28(38)35-19-24-11-6-15-36(20)24)18-21-7-4-10-23(17-21)29(30,31)32;1-3-2;1-2/h2-4,7-8,10-12,17,20,25,33H,5-6,9,13-16,18-19H2,1H3,(H,34,37)(H,35,38);3H2,1-2H3;2H2,1H3/t20?,25-;;/m1../s1. The lowest BCUT2D eigenvalue weighted by Gasteiger charge is -2.29. The number of benzene rings is 2. The summed E-state index contributed by atoms with van der Waals surface area (Å²) < 4.78 is 45.8. The number of carbonyl (C=O) groups is 2. The minimum atomic E-state index is -4.47. The molecule has 4 rings (SSSR count). The van der Waals surface area contributed by atoms with Gasteiger partial charge in [-0.05, 0) is 62.9 Å². The van der Waals surface area contributed by atoms with Crippen molar-refractivity contribution in [2.24, 2.45) is 5.73 Å². The monoisotopic (exact) mass is 619 g/mol. The molecule has 8 nitrogen and oxygen atoms in total. The van der Waals surface area contributed by atoms with Crippen LogP contribution in [0.1, 0.15) is 56.7 Å². The maximum Gasteiger partial charge on any atom is 0.416 e. The number of nitrogens with two attached hydrogens (primary N) is 1. The summed E-state index contributed by atoms with van der Waals surface area (Å²) in [6.45, 7) is 8.14. The van der Waals surface area contributed by atoms with Crippen molar-refractivity contribution in [2.45, 2.75) is 71.1 Å². The molecule has 0 spiro atoms. The van der Waals surface area contributed by atoms with Gasteiger partial charge in [0.15, 0.2) is 0 Å². The highest BCUT2D eigenvalue weighted by atomic mass is 19.4. The maximum atomic E-state index is 13.3. The minimum absolute atomic E-state index is 0.0773. The van der Waals surface area contributed by atoms with Gasteiger partial charge in [-0.15, -0.1) is 0 Å². The van der Waals surface area contributed by atoms with Gasteiger partial charge in [-0.25, -0.2) is 0 Å². The molecule has 2 aliphatic heterocycles. The van der Waals surface area contributed by atoms with Gasteiger partial charge in [0, 0.05) is 25.3 Å². The summed E-state index contributed by atoms with van der Waals surface area (Å²) in [5.74, 6) is 0.313. The molecule has 44 heavy (non-hydrogen) atoms. The van der Waals surface area contributed by atoms with Crippen LogP contribution in [0.5, 0.6) is 5.75 Å². The van der Waals surface area contributed by atoms with Crippen LogP contribution in [0.3, 0.4) is 0 Å². The van der Waals surface area contributed by atoms with E-state index >= 15 is 0 Å². The number of para-hydroxylation sites is 1. The van der Waals surface area contributed by atoms with Crippen molar-refractivity contribution in [2.75, 3.05) is 39.8 Å². The largest absolute Gasteiger partial charge is 0.492 e. The van der Waals surface area contributed by atoms with Gasteiger partial charge in [-0.3, -0.25) is 9.59 Å². The Balaban J connectivity index is 0.00000127. The summed E-state index contributed by atoms with van der Waals surface area (Å²) in [5.41, 5.74) is 6.02. The number of amides is 2. The Morgan fingerprint density at radius 2 is 1.73 bits per heavy atom. The van der Waals surface area contributed by atoms with E-state index in [9.17, 15) is 22.8 Å². The Kier molecular flexibility index (Phi) is 15.8. The Hall–Kier alpha value is -3.57. The summed E-state index contributed by atoms with van der Waals surface area (Å²) in [7, 11) is 1.50. The molecule has 244 valence electrons. The van der Waals surface area contributed by atoms with Gasteiger partial charge in [0.05, 0.1) is 18.2 Å². The first-order valence-electron chi connectivity index (χ1n) is 15.3. The Bertz CT molecular complexity index is 1210. The molecule has 0 fully saturated rings. The third-order valence-electron chi connectivity index (χ3n) is 7.07. The summed E-state index contributed by atoms with van der Waals surface area (Å²) >= 11 is 0. The van der Waals surface area contributed by atoms with E-state index in [1.54, 1.807) is 6.07 Å². The maximum absolute atomic E-state index is 13.3. The van der Waals surface area contributed by atoms with Gasteiger partial charge in [0.2, 0.25) is 11.8 Å². The Labute approximate surface area is 259 Å². The fourth-order valence-corrected chi connectivity index (χ4v) is 4.94. The number of halogens is 3. The molecule has 0 bridgehead atoms. The molecular weight excluding hydrogens is 571 g/mol. The second-order valence-corrected chi connectivity index (χ2v) is 10.5. The van der Waals surface area contributed by atoms with Gasteiger partial charge in [0.1, 0.15) is 18.4 Å². The van der Waals surface area contributed by atoms with Crippen molar-refractivity contribution in [1.29, 1.82) is 0 Å². The molecule has 0 radical (unpaired) electrons. The van der Waals surface area contributed by atoms with Crippen LogP contribution in [0.15, 0.2) is 60.3 Å². The lowest BCUT2D eigenvalue weighted by Crippen LogP contribution is -2.49. The zero-order valence-corrected chi connectivity index (χ0v) is 26.3. The van der Waals surface area contributed by atoms with Crippen molar-refractivity contribution in [3.05, 3.63) is 77.0 Å². The highest BCUT2D eigenvalue weighted by Crippen LogP contribution is 2.30. The van der Waals surface area contributed by atoms with Crippen LogP contribution in [-0.4, -0.2) is 68.6 Å². The SMILES string of the molecule is CC1C(=O)NCCCc2ccccc2OCCN[C@H](Cc2cccc(C(F)(F)F)c2)C(=O)NCC2=CCCN21.CCC.CN. The molecule has 2 aromatic rings. The van der Waals surface area contributed by atoms with Crippen molar-refractivity contribution >= 4 is 11.8 Å². The second-order valence-electron chi connectivity index (χ2n) is 10.5. The lowest BCUT2D eigenvalue weighted by molar-refractivity contribution is -0.137. The highest BCUT2D eigenvalue weighted by Gasteiger charge is 2.31. The number of ether oxygens (including phenoxy) is 1. The van der Waals surface area contributed by atoms with Crippen molar-refractivity contribution in [3.63, 3.8) is 0 Å². The van der Waals surface area contributed by atoms with Crippen LogP contribution in [0.4, 0.5) is 13.2 Å². The number of alkyl halides is 3. The zero-order chi connectivity index (χ0) is 32.5. The summed E-state index contributed by atoms with van der Waals surface area (Å²) in [4.78, 5) is 28.1. The summed E-state index contributed by atoms with van der Waals surface area (Å²) in [5, 5.41) is 9.10. The van der Waals surface area contributed by atoms with E-state index in [1.807, 2.05) is 42.2 Å². The fraction of sp³-hybridized carbons (Fsp3) is 0.515. The fourth-order valence-electron chi connectivity index (χ4n) is 4.94. The molecule has 0 aromatic heterocycles. The molecular formula is C33H48F3N5O3. The average molecular weight is 620 g/mol. The number of nitrogens with zero attached hydrogens (tertiary/aromatic N) is 1. The van der Waals surface area contributed by atoms with Crippen LogP contribution < -0.4 is 26.4 Å². The van der Waals surface area contributed by atoms with E-state index in [1.165, 1.54) is 19.5 Å². The number of rotatable bonds is 2. The van der Waals surface area contributed by atoms with Crippen molar-refractivity contribution < 1.29 is 27.5 Å². The third-order valence-corrected chi connectivity index (χ3v) is 7.07. The molecule has 2 amide bonds. The first-order chi connectivity index (χ1) is 21.1. The molecule has 0 saturated heterocycles. The highest BCUT2D eigenvalue weighted by molar-refractivity contribution is 5.83. The molecule has 2 aromatic carbocycles. The van der Waals surface area contributed by atoms with Crippen LogP contribution in [0.2, 0.25) is 0 Å². The molecule has 0 saturated carbocycles. The summed E-state index contributed by atoms with van der Waals surface area (Å²) in [6, 6.07) is 11.5. The minimum Gasteiger partial charge on any atom is -0.492 e. The van der Waals surface area contributed by atoms with Crippen molar-refractivity contribution in [1.82, 2.24) is 20.9 Å². The average Bonchev–Trinajstić information content (AvgIpc) is 3.49. The lowest BCUT2D eigenvalue weighted by atomic mass is 10.0. The Morgan fingerprint density at radius 3 is 2.45 bits per heavy atom. The van der Waals surface area contributed by atoms with Gasteiger partial charge in [-0.2, -0.15) is 13.2 Å². The Morgan fingerprint density at radius 1 is 1.00 bits per heavy atom. The number of hydrogen-bond donors (Lipinski definition) is 4. The normalized spacial score (nSPS) is 19.9. The number of nitrogens with one attached hydrogen (secondary N) is 3. The van der Waals surface area contributed by atoms with Gasteiger partial charge < -0.3 is 31.3 Å². The van der Waals surface area contributed by atoms with Crippen LogP contribution in [0, 0.1) is 0 Å². The number of aryl methyl sites for hydroxylation is 1. The number of carbonyl (C=O) groups excluding carboxylic acids is 2. The topological polar surface area (TPSA) is 109 Å². The third kappa shape index (κ3) is 11.5. The predicted molar refractivity (Wildman–Crippen MR) is 168 cm³/mol. The van der Waals surface area contributed by atoms with Gasteiger partial charge in [0.25, 0.3) is 0 Å². The quantitative estimate of drug-likeness (QED) is 0.396. The van der Waals surface area contributed by atoms with Gasteiger partial charge >= 0.3 is 6.18 Å². The molecule has 2 aliphatic rings. The molecule has 0 aliphatic carbocycles. The van der Waals surface area contributed by atoms with Gasteiger partial charge in [-0.1, -0.05) is 62.7 Å². The van der Waals surface area contributed by atoms with Crippen LogP contribution in [0.25, 0.3) is 0 Å². The van der Waals surface area contributed by atoms with E-state index in [2.05, 4.69) is 35.5 Å². The van der Waals surface area contributed by atoms with Crippen molar-refractivity contribution in [3.8, 4) is 5.75 Å². The zero-order valence-electron chi connectivity index (χ0n) is 26.3. The molecule has 1 unspecified atom stereocenters. The second kappa shape index (κ2) is 19.0. The molecule has 5 N–H and O–H groups in total. The van der Waals surface area contributed by atoms with Crippen LogP contribution in [-0.2, 0) is 28.6 Å². The molecule has 11 heteroatoms. The smallest absolute Gasteiger partial charge is 0.416 e. The van der Waals surface area contributed by atoms with E-state index in [4.69, 9.17) is 4.74 Å². The van der Waals surface area contributed by atoms with E-state index in [0.29, 0.717) is 25.2 Å².